The summed E-state index contributed by atoms with van der Waals surface area (Å²) in [6, 6.07) is 14.6. The molecule has 3 rings (SSSR count). The van der Waals surface area contributed by atoms with Crippen molar-refractivity contribution in [1.82, 2.24) is 14.5 Å². The quantitative estimate of drug-likeness (QED) is 0.810. The monoisotopic (exact) mass is 388 g/mol. The summed E-state index contributed by atoms with van der Waals surface area (Å²) in [6.45, 7) is 1.24. The third-order valence-electron chi connectivity index (χ3n) is 4.31. The van der Waals surface area contributed by atoms with Crippen LogP contribution in [0, 0.1) is 0 Å². The van der Waals surface area contributed by atoms with Crippen LogP contribution in [-0.2, 0) is 27.9 Å². The highest BCUT2D eigenvalue weighted by atomic mass is 32.2. The number of carbonyl (C=O) groups excluding carboxylic acids is 1. The van der Waals surface area contributed by atoms with Crippen molar-refractivity contribution in [2.75, 3.05) is 26.5 Å². The minimum absolute atomic E-state index is 0.146. The molecule has 2 aromatic carbocycles. The Kier molecular flexibility index (Phi) is 5.50. The fourth-order valence-electron chi connectivity index (χ4n) is 3.02. The van der Waals surface area contributed by atoms with Crippen LogP contribution in [0.5, 0.6) is 0 Å². The van der Waals surface area contributed by atoms with E-state index < -0.39 is 16.2 Å². The van der Waals surface area contributed by atoms with Gasteiger partial charge in [0.2, 0.25) is 10.0 Å². The van der Waals surface area contributed by atoms with Gasteiger partial charge in [0, 0.05) is 20.1 Å². The van der Waals surface area contributed by atoms with Crippen LogP contribution in [0.25, 0.3) is 0 Å². The Morgan fingerprint density at radius 1 is 0.963 bits per heavy atom. The Hall–Kier alpha value is -2.42. The van der Waals surface area contributed by atoms with Gasteiger partial charge in [0.05, 0.1) is 5.69 Å². The van der Waals surface area contributed by atoms with E-state index in [0.29, 0.717) is 12.2 Å². The molecule has 1 aliphatic heterocycles. The number of benzene rings is 2. The van der Waals surface area contributed by atoms with Gasteiger partial charge < -0.3 is 15.1 Å². The molecule has 0 bridgehead atoms. The van der Waals surface area contributed by atoms with Crippen LogP contribution in [0.2, 0.25) is 0 Å². The number of amides is 1. The van der Waals surface area contributed by atoms with E-state index in [1.807, 2.05) is 38.4 Å². The van der Waals surface area contributed by atoms with Crippen LogP contribution >= 0.6 is 0 Å². The minimum Gasteiger partial charge on any atom is -0.360 e. The average molecular weight is 388 g/mol. The molecule has 144 valence electrons. The average Bonchev–Trinajstić information content (AvgIpc) is 2.61. The van der Waals surface area contributed by atoms with Crippen molar-refractivity contribution in [3.8, 4) is 0 Å². The molecule has 0 aromatic heterocycles. The number of fused-ring (bicyclic) bond motifs is 1. The molecule has 27 heavy (non-hydrogen) atoms. The first-order chi connectivity index (χ1) is 12.8. The van der Waals surface area contributed by atoms with E-state index in [-0.39, 0.29) is 10.8 Å². The Morgan fingerprint density at radius 2 is 1.56 bits per heavy atom. The van der Waals surface area contributed by atoms with E-state index in [0.717, 1.165) is 12.1 Å². The predicted octanol–water partition coefficient (Wildman–Crippen LogP) is 1.44. The van der Waals surface area contributed by atoms with Gasteiger partial charge in [-0.1, -0.05) is 36.4 Å². The van der Waals surface area contributed by atoms with E-state index in [2.05, 4.69) is 14.9 Å². The van der Waals surface area contributed by atoms with Gasteiger partial charge in [-0.25, -0.2) is 8.42 Å². The highest BCUT2D eigenvalue weighted by Gasteiger charge is 2.34. The first-order valence-corrected chi connectivity index (χ1v) is 10.1. The van der Waals surface area contributed by atoms with Gasteiger partial charge in [-0.05, 0) is 37.4 Å². The van der Waals surface area contributed by atoms with Crippen LogP contribution in [0.3, 0.4) is 0 Å². The number of likely N-dealkylation sites (N-methyl/N-ethyl adjacent to an activating group) is 1. The van der Waals surface area contributed by atoms with Crippen LogP contribution in [-0.4, -0.2) is 51.4 Å². The Labute approximate surface area is 160 Å². The van der Waals surface area contributed by atoms with Crippen LogP contribution < -0.4 is 10.0 Å². The van der Waals surface area contributed by atoms with Gasteiger partial charge in [-0.2, -0.15) is 4.72 Å². The molecule has 0 saturated heterocycles. The van der Waals surface area contributed by atoms with Crippen molar-refractivity contribution < 1.29 is 13.2 Å². The summed E-state index contributed by atoms with van der Waals surface area (Å²) in [6.07, 6.45) is -1.03. The van der Waals surface area contributed by atoms with Gasteiger partial charge in [-0.15, -0.1) is 0 Å². The van der Waals surface area contributed by atoms with E-state index in [1.165, 1.54) is 16.5 Å². The molecule has 1 aliphatic rings. The summed E-state index contributed by atoms with van der Waals surface area (Å²) in [5.74, 6) is -0.342. The number of hydrogen-bond acceptors (Lipinski definition) is 5. The maximum absolute atomic E-state index is 12.7. The first-order valence-electron chi connectivity index (χ1n) is 8.62. The van der Waals surface area contributed by atoms with Gasteiger partial charge in [0.25, 0.3) is 5.91 Å². The summed E-state index contributed by atoms with van der Waals surface area (Å²) in [5, 5.41) is 2.96. The van der Waals surface area contributed by atoms with Crippen molar-refractivity contribution in [3.63, 3.8) is 0 Å². The van der Waals surface area contributed by atoms with Gasteiger partial charge in [0.1, 0.15) is 4.90 Å². The topological polar surface area (TPSA) is 81.8 Å². The van der Waals surface area contributed by atoms with Crippen LogP contribution in [0.4, 0.5) is 5.69 Å². The summed E-state index contributed by atoms with van der Waals surface area (Å²) in [4.78, 5) is 16.5. The highest BCUT2D eigenvalue weighted by molar-refractivity contribution is 7.89. The van der Waals surface area contributed by atoms with E-state index >= 15 is 0 Å². The molecule has 0 aliphatic carbocycles. The molecular weight excluding hydrogens is 364 g/mol. The molecule has 1 unspecified atom stereocenters. The smallest absolute Gasteiger partial charge is 0.261 e. The summed E-state index contributed by atoms with van der Waals surface area (Å²) < 4.78 is 27.1. The molecule has 1 amide bonds. The molecular formula is C19H24N4O3S. The number of carbonyl (C=O) groups is 1. The minimum atomic E-state index is -3.72. The lowest BCUT2D eigenvalue weighted by atomic mass is 10.1. The lowest BCUT2D eigenvalue weighted by molar-refractivity contribution is -0.131. The summed E-state index contributed by atoms with van der Waals surface area (Å²) in [7, 11) is 1.96. The molecule has 0 saturated carbocycles. The van der Waals surface area contributed by atoms with Crippen molar-refractivity contribution in [2.24, 2.45) is 0 Å². The molecule has 0 spiro atoms. The van der Waals surface area contributed by atoms with Crippen LogP contribution in [0.1, 0.15) is 11.1 Å². The SMILES string of the molecule is CN(C)Cc1ccc(CN(C)C(=O)C2Nc3ccccc3S(=O)(=O)N2)cc1. The number of sulfonamides is 1. The van der Waals surface area contributed by atoms with Crippen molar-refractivity contribution in [1.29, 1.82) is 0 Å². The molecule has 1 atom stereocenters. The fourth-order valence-corrected chi connectivity index (χ4v) is 4.29. The molecule has 2 aromatic rings. The zero-order chi connectivity index (χ0) is 19.6. The fraction of sp³-hybridized carbons (Fsp3) is 0.316. The third-order valence-corrected chi connectivity index (χ3v) is 5.80. The highest BCUT2D eigenvalue weighted by Crippen LogP contribution is 2.25. The Bertz CT molecular complexity index is 926. The maximum atomic E-state index is 12.7. The Balaban J connectivity index is 1.69. The summed E-state index contributed by atoms with van der Waals surface area (Å²) >= 11 is 0. The maximum Gasteiger partial charge on any atom is 0.261 e. The summed E-state index contributed by atoms with van der Waals surface area (Å²) in [5.41, 5.74) is 2.60. The normalized spacial score (nSPS) is 17.9. The zero-order valence-corrected chi connectivity index (χ0v) is 16.5. The molecule has 1 heterocycles. The number of nitrogens with zero attached hydrogens (tertiary/aromatic N) is 2. The molecule has 0 fully saturated rings. The Morgan fingerprint density at radius 3 is 2.19 bits per heavy atom. The van der Waals surface area contributed by atoms with Crippen molar-refractivity contribution >= 4 is 21.6 Å². The lowest BCUT2D eigenvalue weighted by Gasteiger charge is -2.30. The zero-order valence-electron chi connectivity index (χ0n) is 15.6. The van der Waals surface area contributed by atoms with Gasteiger partial charge in [0.15, 0.2) is 6.17 Å². The van der Waals surface area contributed by atoms with E-state index in [9.17, 15) is 13.2 Å². The second kappa shape index (κ2) is 7.67. The molecule has 2 N–H and O–H groups in total. The third kappa shape index (κ3) is 4.47. The van der Waals surface area contributed by atoms with Crippen LogP contribution in [0.15, 0.2) is 53.4 Å². The lowest BCUT2D eigenvalue weighted by Crippen LogP contribution is -2.53. The molecule has 7 nitrogen and oxygen atoms in total. The standard InChI is InChI=1S/C19H24N4O3S/c1-22(2)12-14-8-10-15(11-9-14)13-23(3)19(24)18-20-16-6-4-5-7-17(16)27(25,26)21-18/h4-11,18,20-21H,12-13H2,1-3H3. The molecule has 8 heteroatoms. The van der Waals surface area contributed by atoms with Gasteiger partial charge in [-0.3, -0.25) is 4.79 Å². The van der Waals surface area contributed by atoms with E-state index in [1.54, 1.807) is 25.2 Å². The number of anilines is 1. The first kappa shape index (κ1) is 19.3. The largest absolute Gasteiger partial charge is 0.360 e. The predicted molar refractivity (Wildman–Crippen MR) is 104 cm³/mol. The van der Waals surface area contributed by atoms with Crippen molar-refractivity contribution in [3.05, 3.63) is 59.7 Å². The number of nitrogens with one attached hydrogen (secondary N) is 2. The number of hydrogen-bond donors (Lipinski definition) is 2. The second-order valence-electron chi connectivity index (χ2n) is 6.94. The number of para-hydroxylation sites is 1. The molecule has 0 radical (unpaired) electrons. The second-order valence-corrected chi connectivity index (χ2v) is 8.63. The van der Waals surface area contributed by atoms with Crippen molar-refractivity contribution in [2.45, 2.75) is 24.2 Å². The van der Waals surface area contributed by atoms with Gasteiger partial charge >= 0.3 is 0 Å². The number of rotatable bonds is 5. The van der Waals surface area contributed by atoms with E-state index in [4.69, 9.17) is 0 Å².